The average Bonchev–Trinajstić information content (AvgIpc) is 2.03. The van der Waals surface area contributed by atoms with E-state index in [2.05, 4.69) is 4.98 Å². The number of carbonyl (C=O) groups excluding carboxylic acids is 1. The summed E-state index contributed by atoms with van der Waals surface area (Å²) in [7, 11) is -3.67. The van der Waals surface area contributed by atoms with Crippen molar-refractivity contribution in [1.82, 2.24) is 4.98 Å². The maximum absolute atomic E-state index is 10.4. The van der Waals surface area contributed by atoms with Gasteiger partial charge >= 0.3 is 0 Å². The zero-order valence-electron chi connectivity index (χ0n) is 7.41. The van der Waals surface area contributed by atoms with E-state index in [0.717, 1.165) is 0 Å². The Balaban J connectivity index is 0.000000292. The molecule has 0 fully saturated rings. The van der Waals surface area contributed by atoms with E-state index in [1.807, 2.05) is 0 Å². The molecule has 3 N–H and O–H groups in total. The molecule has 0 atom stereocenters. The van der Waals surface area contributed by atoms with E-state index < -0.39 is 16.0 Å². The van der Waals surface area contributed by atoms with Crippen LogP contribution in [-0.4, -0.2) is 30.1 Å². The summed E-state index contributed by atoms with van der Waals surface area (Å²) >= 11 is 0. The highest BCUT2D eigenvalue weighted by Gasteiger charge is 1.94. The van der Waals surface area contributed by atoms with Crippen molar-refractivity contribution >= 4 is 16.0 Å². The number of rotatable bonds is 1. The van der Waals surface area contributed by atoms with E-state index in [4.69, 9.17) is 10.3 Å². The molecule has 0 bridgehead atoms. The average molecular weight is 218 g/mol. The van der Waals surface area contributed by atoms with Gasteiger partial charge in [-0.15, -0.1) is 0 Å². The molecule has 1 aromatic heterocycles. The Hall–Kier alpha value is -1.47. The molecule has 0 spiro atoms. The molecule has 0 aliphatic rings. The molecule has 6 nitrogen and oxygen atoms in total. The van der Waals surface area contributed by atoms with Gasteiger partial charge in [0.1, 0.15) is 0 Å². The number of nitrogens with two attached hydrogens (primary N) is 1. The predicted molar refractivity (Wildman–Crippen MR) is 50.2 cm³/mol. The zero-order chi connectivity index (χ0) is 11.2. The van der Waals surface area contributed by atoms with Crippen LogP contribution in [0.2, 0.25) is 0 Å². The minimum Gasteiger partial charge on any atom is -0.366 e. The molecule has 1 amide bonds. The first-order valence-electron chi connectivity index (χ1n) is 3.43. The van der Waals surface area contributed by atoms with Crippen LogP contribution in [0.1, 0.15) is 10.4 Å². The summed E-state index contributed by atoms with van der Waals surface area (Å²) in [5.74, 6) is -0.419. The van der Waals surface area contributed by atoms with E-state index in [1.165, 1.54) is 12.4 Å². The van der Waals surface area contributed by atoms with Crippen LogP contribution in [0.3, 0.4) is 0 Å². The Kier molecular flexibility index (Phi) is 4.74. The number of pyridine rings is 1. The number of carbonyl (C=O) groups is 1. The van der Waals surface area contributed by atoms with Gasteiger partial charge in [0, 0.05) is 18.0 Å². The van der Waals surface area contributed by atoms with Crippen molar-refractivity contribution in [3.05, 3.63) is 30.1 Å². The molecule has 0 saturated heterocycles. The monoisotopic (exact) mass is 218 g/mol. The summed E-state index contributed by atoms with van der Waals surface area (Å²) in [5, 5.41) is 0. The molecule has 1 rings (SSSR count). The molecule has 0 saturated carbocycles. The van der Waals surface area contributed by atoms with Crippen LogP contribution < -0.4 is 5.73 Å². The Labute approximate surface area is 81.5 Å². The largest absolute Gasteiger partial charge is 0.366 e. The van der Waals surface area contributed by atoms with Crippen LogP contribution in [0, 0.1) is 0 Å². The van der Waals surface area contributed by atoms with Gasteiger partial charge in [0.15, 0.2) is 0 Å². The highest BCUT2D eigenvalue weighted by atomic mass is 32.2. The third-order valence-corrected chi connectivity index (χ3v) is 0.965. The molecular weight excluding hydrogens is 208 g/mol. The predicted octanol–water partition coefficient (Wildman–Crippen LogP) is -0.315. The molecule has 1 heterocycles. The summed E-state index contributed by atoms with van der Waals surface area (Å²) in [6, 6.07) is 3.14. The minimum atomic E-state index is -3.67. The number of aromatic nitrogens is 1. The Morgan fingerprint density at radius 3 is 2.00 bits per heavy atom. The number of amides is 1. The van der Waals surface area contributed by atoms with Gasteiger partial charge in [0.2, 0.25) is 5.91 Å². The number of nitrogens with zero attached hydrogens (tertiary/aromatic N) is 1. The fraction of sp³-hybridized carbons (Fsp3) is 0.143. The summed E-state index contributed by atoms with van der Waals surface area (Å²) < 4.78 is 25.9. The smallest absolute Gasteiger partial charge is 0.261 e. The number of hydrogen-bond acceptors (Lipinski definition) is 4. The van der Waals surface area contributed by atoms with Gasteiger partial charge in [0.25, 0.3) is 10.1 Å². The first kappa shape index (κ1) is 12.5. The quantitative estimate of drug-likeness (QED) is 0.628. The van der Waals surface area contributed by atoms with E-state index in [9.17, 15) is 13.2 Å². The van der Waals surface area contributed by atoms with Gasteiger partial charge in [-0.25, -0.2) is 0 Å². The second-order valence-corrected chi connectivity index (χ2v) is 3.80. The zero-order valence-corrected chi connectivity index (χ0v) is 8.23. The van der Waals surface area contributed by atoms with E-state index in [1.54, 1.807) is 12.1 Å². The van der Waals surface area contributed by atoms with Gasteiger partial charge in [-0.3, -0.25) is 14.3 Å². The van der Waals surface area contributed by atoms with Crippen molar-refractivity contribution in [3.8, 4) is 0 Å². The fourth-order valence-corrected chi connectivity index (χ4v) is 0.516. The highest BCUT2D eigenvalue weighted by molar-refractivity contribution is 7.85. The van der Waals surface area contributed by atoms with E-state index in [0.29, 0.717) is 11.8 Å². The number of primary amides is 1. The van der Waals surface area contributed by atoms with Crippen LogP contribution in [-0.2, 0) is 10.1 Å². The second-order valence-electron chi connectivity index (χ2n) is 2.33. The molecule has 7 heteroatoms. The van der Waals surface area contributed by atoms with E-state index >= 15 is 0 Å². The lowest BCUT2D eigenvalue weighted by Gasteiger charge is -1.88. The molecule has 0 unspecified atom stereocenters. The van der Waals surface area contributed by atoms with Gasteiger partial charge in [0.05, 0.1) is 6.26 Å². The van der Waals surface area contributed by atoms with Crippen LogP contribution in [0.4, 0.5) is 0 Å². The molecule has 78 valence electrons. The highest BCUT2D eigenvalue weighted by Crippen LogP contribution is 1.91. The van der Waals surface area contributed by atoms with Gasteiger partial charge in [-0.05, 0) is 12.1 Å². The topological polar surface area (TPSA) is 110 Å². The molecular formula is C7H10N2O4S. The maximum Gasteiger partial charge on any atom is 0.261 e. The minimum absolute atomic E-state index is 0.419. The van der Waals surface area contributed by atoms with Crippen LogP contribution in [0.15, 0.2) is 24.5 Å². The molecule has 0 radical (unpaired) electrons. The Bertz CT molecular complexity index is 379. The molecule has 0 aliphatic carbocycles. The third-order valence-electron chi connectivity index (χ3n) is 0.965. The summed E-state index contributed by atoms with van der Waals surface area (Å²) in [6.07, 6.45) is 3.77. The standard InChI is InChI=1S/C6H6N2O.CH4O3S/c7-6(9)5-1-3-8-4-2-5;1-5(2,3)4/h1-4H,(H2,7,9);1H3,(H,2,3,4). The van der Waals surface area contributed by atoms with Crippen molar-refractivity contribution in [2.45, 2.75) is 0 Å². The normalized spacial score (nSPS) is 9.86. The second kappa shape index (κ2) is 5.30. The van der Waals surface area contributed by atoms with Crippen molar-refractivity contribution in [2.75, 3.05) is 6.26 Å². The van der Waals surface area contributed by atoms with Crippen molar-refractivity contribution in [2.24, 2.45) is 5.73 Å². The van der Waals surface area contributed by atoms with Crippen LogP contribution in [0.5, 0.6) is 0 Å². The summed E-state index contributed by atoms with van der Waals surface area (Å²) in [4.78, 5) is 14.1. The molecule has 0 aromatic carbocycles. The van der Waals surface area contributed by atoms with E-state index in [-0.39, 0.29) is 0 Å². The lowest BCUT2D eigenvalue weighted by atomic mass is 10.3. The molecule has 0 aliphatic heterocycles. The summed E-state index contributed by atoms with van der Waals surface area (Å²) in [6.45, 7) is 0. The first-order valence-corrected chi connectivity index (χ1v) is 5.28. The lowest BCUT2D eigenvalue weighted by molar-refractivity contribution is 0.1000. The van der Waals surface area contributed by atoms with Gasteiger partial charge in [-0.2, -0.15) is 8.42 Å². The van der Waals surface area contributed by atoms with Crippen molar-refractivity contribution in [3.63, 3.8) is 0 Å². The maximum atomic E-state index is 10.4. The van der Waals surface area contributed by atoms with Crippen LogP contribution >= 0.6 is 0 Å². The van der Waals surface area contributed by atoms with Crippen molar-refractivity contribution in [1.29, 1.82) is 0 Å². The lowest BCUT2D eigenvalue weighted by Crippen LogP contribution is -2.10. The first-order chi connectivity index (χ1) is 6.30. The van der Waals surface area contributed by atoms with Crippen LogP contribution in [0.25, 0.3) is 0 Å². The Morgan fingerprint density at radius 2 is 1.79 bits per heavy atom. The SMILES string of the molecule is CS(=O)(=O)O.NC(=O)c1ccncc1. The third kappa shape index (κ3) is 8.62. The van der Waals surface area contributed by atoms with Crippen molar-refractivity contribution < 1.29 is 17.8 Å². The number of hydrogen-bond donors (Lipinski definition) is 2. The summed E-state index contributed by atoms with van der Waals surface area (Å²) in [5.41, 5.74) is 5.44. The molecule has 14 heavy (non-hydrogen) atoms. The van der Waals surface area contributed by atoms with Gasteiger partial charge < -0.3 is 5.73 Å². The van der Waals surface area contributed by atoms with Gasteiger partial charge in [-0.1, -0.05) is 0 Å². The fourth-order valence-electron chi connectivity index (χ4n) is 0.516. The molecule has 1 aromatic rings. The Morgan fingerprint density at radius 1 is 1.43 bits per heavy atom.